The Kier molecular flexibility index (Phi) is 5.23. The van der Waals surface area contributed by atoms with E-state index in [9.17, 15) is 19.8 Å². The number of rotatable bonds is 6. The Bertz CT molecular complexity index is 960. The first-order chi connectivity index (χ1) is 12.5. The SMILES string of the molecule is O=C([O-])CCc1ccc(-c2ccc(Br)cc2)n1-c1cccc(C(=O)[O-])c1. The van der Waals surface area contributed by atoms with Crippen LogP contribution in [0.5, 0.6) is 0 Å². The number of aliphatic carboxylic acids is 1. The van der Waals surface area contributed by atoms with Crippen LogP contribution < -0.4 is 10.2 Å². The lowest BCUT2D eigenvalue weighted by Crippen LogP contribution is -2.23. The van der Waals surface area contributed by atoms with E-state index in [1.165, 1.54) is 12.1 Å². The van der Waals surface area contributed by atoms with Gasteiger partial charge in [0, 0.05) is 21.8 Å². The molecule has 0 saturated carbocycles. The Balaban J connectivity index is 2.14. The third-order valence-corrected chi connectivity index (χ3v) is 4.56. The van der Waals surface area contributed by atoms with E-state index in [0.29, 0.717) is 5.69 Å². The van der Waals surface area contributed by atoms with E-state index >= 15 is 0 Å². The van der Waals surface area contributed by atoms with Gasteiger partial charge in [-0.1, -0.05) is 40.2 Å². The van der Waals surface area contributed by atoms with Crippen LogP contribution in [0.1, 0.15) is 22.5 Å². The van der Waals surface area contributed by atoms with Crippen molar-refractivity contribution in [3.8, 4) is 16.9 Å². The molecule has 0 N–H and O–H groups in total. The van der Waals surface area contributed by atoms with Crippen LogP contribution >= 0.6 is 15.9 Å². The first-order valence-corrected chi connectivity index (χ1v) is 8.73. The van der Waals surface area contributed by atoms with E-state index < -0.39 is 11.9 Å². The molecule has 0 aliphatic rings. The van der Waals surface area contributed by atoms with Crippen molar-refractivity contribution in [1.29, 1.82) is 0 Å². The number of aromatic nitrogens is 1. The molecule has 0 amide bonds. The molecule has 0 unspecified atom stereocenters. The second-order valence-electron chi connectivity index (χ2n) is 5.76. The van der Waals surface area contributed by atoms with Crippen molar-refractivity contribution in [1.82, 2.24) is 4.57 Å². The molecule has 0 atom stereocenters. The van der Waals surface area contributed by atoms with Crippen molar-refractivity contribution in [2.45, 2.75) is 12.8 Å². The summed E-state index contributed by atoms with van der Waals surface area (Å²) in [4.78, 5) is 22.1. The van der Waals surface area contributed by atoms with Gasteiger partial charge >= 0.3 is 0 Å². The Morgan fingerprint density at radius 3 is 2.35 bits per heavy atom. The number of aryl methyl sites for hydroxylation is 1. The zero-order chi connectivity index (χ0) is 18.7. The van der Waals surface area contributed by atoms with E-state index in [4.69, 9.17) is 0 Å². The normalized spacial score (nSPS) is 10.7. The molecular formula is C20H14BrNO4-2. The fourth-order valence-corrected chi connectivity index (χ4v) is 3.09. The molecule has 0 aliphatic carbocycles. The van der Waals surface area contributed by atoms with Crippen molar-refractivity contribution < 1.29 is 19.8 Å². The summed E-state index contributed by atoms with van der Waals surface area (Å²) in [5, 5.41) is 22.1. The topological polar surface area (TPSA) is 85.2 Å². The predicted octanol–water partition coefficient (Wildman–Crippen LogP) is 1.95. The molecule has 1 heterocycles. The molecule has 5 nitrogen and oxygen atoms in total. The fourth-order valence-electron chi connectivity index (χ4n) is 2.83. The maximum atomic E-state index is 11.2. The molecule has 6 heteroatoms. The highest BCUT2D eigenvalue weighted by atomic mass is 79.9. The van der Waals surface area contributed by atoms with Gasteiger partial charge in [0.2, 0.25) is 0 Å². The van der Waals surface area contributed by atoms with Crippen molar-refractivity contribution in [2.24, 2.45) is 0 Å². The lowest BCUT2D eigenvalue weighted by molar-refractivity contribution is -0.305. The zero-order valence-electron chi connectivity index (χ0n) is 13.6. The summed E-state index contributed by atoms with van der Waals surface area (Å²) in [7, 11) is 0. The van der Waals surface area contributed by atoms with Crippen molar-refractivity contribution in [3.63, 3.8) is 0 Å². The lowest BCUT2D eigenvalue weighted by atomic mass is 10.1. The van der Waals surface area contributed by atoms with Gasteiger partial charge in [-0.2, -0.15) is 0 Å². The number of carbonyl (C=O) groups excluding carboxylic acids is 2. The Morgan fingerprint density at radius 1 is 0.962 bits per heavy atom. The number of aromatic carboxylic acids is 1. The maximum Gasteiger partial charge on any atom is 0.0716 e. The quantitative estimate of drug-likeness (QED) is 0.620. The smallest absolute Gasteiger partial charge is 0.0716 e. The molecule has 0 saturated heterocycles. The maximum absolute atomic E-state index is 11.2. The highest BCUT2D eigenvalue weighted by Crippen LogP contribution is 2.29. The highest BCUT2D eigenvalue weighted by molar-refractivity contribution is 9.10. The van der Waals surface area contributed by atoms with Crippen LogP contribution in [0.2, 0.25) is 0 Å². The lowest BCUT2D eigenvalue weighted by Gasteiger charge is -2.16. The van der Waals surface area contributed by atoms with Gasteiger partial charge in [-0.3, -0.25) is 0 Å². The number of halogens is 1. The minimum atomic E-state index is -1.26. The number of carboxylic acids is 2. The molecule has 0 radical (unpaired) electrons. The first kappa shape index (κ1) is 17.9. The molecule has 0 bridgehead atoms. The molecule has 0 spiro atoms. The molecule has 3 rings (SSSR count). The van der Waals surface area contributed by atoms with Gasteiger partial charge in [-0.05, 0) is 60.4 Å². The van der Waals surface area contributed by atoms with Gasteiger partial charge in [-0.25, -0.2) is 0 Å². The van der Waals surface area contributed by atoms with E-state index in [-0.39, 0.29) is 18.4 Å². The van der Waals surface area contributed by atoms with E-state index in [0.717, 1.165) is 21.4 Å². The summed E-state index contributed by atoms with van der Waals surface area (Å²) in [6.07, 6.45) is 0.151. The van der Waals surface area contributed by atoms with Gasteiger partial charge in [0.05, 0.1) is 11.7 Å². The van der Waals surface area contributed by atoms with Crippen LogP contribution in [0.25, 0.3) is 16.9 Å². The summed E-state index contributed by atoms with van der Waals surface area (Å²) in [6, 6.07) is 17.8. The Morgan fingerprint density at radius 2 is 1.69 bits per heavy atom. The average molecular weight is 412 g/mol. The van der Waals surface area contributed by atoms with Crippen LogP contribution in [-0.2, 0) is 11.2 Å². The molecule has 3 aromatic rings. The number of carbonyl (C=O) groups is 2. The van der Waals surface area contributed by atoms with Gasteiger partial charge < -0.3 is 24.4 Å². The second kappa shape index (κ2) is 7.58. The molecule has 2 aromatic carbocycles. The monoisotopic (exact) mass is 411 g/mol. The number of hydrogen-bond acceptors (Lipinski definition) is 4. The van der Waals surface area contributed by atoms with Crippen LogP contribution in [0.3, 0.4) is 0 Å². The fraction of sp³-hybridized carbons (Fsp3) is 0.100. The van der Waals surface area contributed by atoms with Crippen LogP contribution in [0.4, 0.5) is 0 Å². The number of nitrogens with zero attached hydrogens (tertiary/aromatic N) is 1. The van der Waals surface area contributed by atoms with Crippen molar-refractivity contribution >= 4 is 27.9 Å². The molecule has 26 heavy (non-hydrogen) atoms. The molecule has 0 fully saturated rings. The second-order valence-corrected chi connectivity index (χ2v) is 6.68. The zero-order valence-corrected chi connectivity index (χ0v) is 15.2. The molecular weight excluding hydrogens is 398 g/mol. The first-order valence-electron chi connectivity index (χ1n) is 7.94. The average Bonchev–Trinajstić information content (AvgIpc) is 3.04. The van der Waals surface area contributed by atoms with Crippen LogP contribution in [0.15, 0.2) is 65.1 Å². The molecule has 0 aliphatic heterocycles. The van der Waals surface area contributed by atoms with Crippen LogP contribution in [0, 0.1) is 0 Å². The Labute approximate surface area is 158 Å². The summed E-state index contributed by atoms with van der Waals surface area (Å²) in [6.45, 7) is 0. The largest absolute Gasteiger partial charge is 0.550 e. The third kappa shape index (κ3) is 3.86. The third-order valence-electron chi connectivity index (χ3n) is 4.03. The van der Waals surface area contributed by atoms with Crippen molar-refractivity contribution in [3.05, 3.63) is 76.4 Å². The molecule has 1 aromatic heterocycles. The summed E-state index contributed by atoms with van der Waals surface area (Å²) in [5.41, 5.74) is 3.20. The van der Waals surface area contributed by atoms with Gasteiger partial charge in [0.1, 0.15) is 0 Å². The predicted molar refractivity (Wildman–Crippen MR) is 96.6 cm³/mol. The summed E-state index contributed by atoms with van der Waals surface area (Å²) in [5.74, 6) is -2.40. The number of hydrogen-bond donors (Lipinski definition) is 0. The minimum Gasteiger partial charge on any atom is -0.550 e. The van der Waals surface area contributed by atoms with Crippen LogP contribution in [-0.4, -0.2) is 16.5 Å². The highest BCUT2D eigenvalue weighted by Gasteiger charge is 2.13. The van der Waals surface area contributed by atoms with E-state index in [2.05, 4.69) is 15.9 Å². The molecule has 132 valence electrons. The van der Waals surface area contributed by atoms with Gasteiger partial charge in [0.25, 0.3) is 0 Å². The summed E-state index contributed by atoms with van der Waals surface area (Å²) < 4.78 is 2.80. The summed E-state index contributed by atoms with van der Waals surface area (Å²) >= 11 is 3.40. The van der Waals surface area contributed by atoms with E-state index in [1.807, 2.05) is 41.0 Å². The number of benzene rings is 2. The van der Waals surface area contributed by atoms with Gasteiger partial charge in [-0.15, -0.1) is 0 Å². The number of carboxylic acid groups (broad SMARTS) is 2. The van der Waals surface area contributed by atoms with E-state index in [1.54, 1.807) is 12.1 Å². The minimum absolute atomic E-state index is 0.0591. The Hall–Kier alpha value is -2.86. The van der Waals surface area contributed by atoms with Gasteiger partial charge in [0.15, 0.2) is 0 Å². The van der Waals surface area contributed by atoms with Crippen molar-refractivity contribution in [2.75, 3.05) is 0 Å². The standard InChI is InChI=1S/C20H16BrNO4/c21-15-6-4-13(5-7-15)18-10-8-16(9-11-19(23)24)22(18)17-3-1-2-14(12-17)20(25)26/h1-8,10,12H,9,11H2,(H,23,24)(H,25,26)/p-2.